The Balaban J connectivity index is 1.51. The number of hydrogen-bond acceptors (Lipinski definition) is 4. The Kier molecular flexibility index (Phi) is 6.69. The topological polar surface area (TPSA) is 69.7 Å². The van der Waals surface area contributed by atoms with Crippen molar-refractivity contribution < 1.29 is 13.2 Å². The highest BCUT2D eigenvalue weighted by Gasteiger charge is 2.28. The quantitative estimate of drug-likeness (QED) is 0.628. The normalized spacial score (nSPS) is 15.1. The summed E-state index contributed by atoms with van der Waals surface area (Å²) in [5, 5.41) is 0. The number of rotatable bonds is 6. The Bertz CT molecular complexity index is 1120. The number of carbonyl (C=O) groups excluding carboxylic acids is 1. The van der Waals surface area contributed by atoms with Gasteiger partial charge in [0.1, 0.15) is 0 Å². The summed E-state index contributed by atoms with van der Waals surface area (Å²) in [6.07, 6.45) is 0. The molecule has 1 fully saturated rings. The first-order chi connectivity index (χ1) is 15.5. The van der Waals surface area contributed by atoms with Crippen molar-refractivity contribution in [3.05, 3.63) is 102 Å². The molecule has 166 valence electrons. The molecule has 0 unspecified atom stereocenters. The molecular weight excluding hydrogens is 422 g/mol. The molecule has 4 rings (SSSR count). The largest absolute Gasteiger partial charge is 0.336 e. The van der Waals surface area contributed by atoms with Gasteiger partial charge in [-0.3, -0.25) is 9.69 Å². The number of sulfonamides is 1. The zero-order valence-corrected chi connectivity index (χ0v) is 18.8. The third kappa shape index (κ3) is 4.75. The molecule has 0 bridgehead atoms. The van der Waals surface area contributed by atoms with Crippen LogP contribution < -0.4 is 4.72 Å². The number of piperazine rings is 1. The van der Waals surface area contributed by atoms with Crippen LogP contribution in [0.15, 0.2) is 89.8 Å². The first-order valence-electron chi connectivity index (χ1n) is 10.7. The fourth-order valence-corrected chi connectivity index (χ4v) is 4.94. The first-order valence-corrected chi connectivity index (χ1v) is 12.1. The van der Waals surface area contributed by atoms with Gasteiger partial charge in [-0.25, -0.2) is 13.1 Å². The lowest BCUT2D eigenvalue weighted by Gasteiger charge is -2.39. The molecule has 0 spiro atoms. The lowest BCUT2D eigenvalue weighted by atomic mass is 9.96. The fourth-order valence-electron chi connectivity index (χ4n) is 4.16. The highest BCUT2D eigenvalue weighted by atomic mass is 32.2. The fraction of sp³-hybridized carbons (Fsp3) is 0.240. The van der Waals surface area contributed by atoms with Gasteiger partial charge >= 0.3 is 0 Å². The second kappa shape index (κ2) is 9.65. The van der Waals surface area contributed by atoms with Crippen LogP contribution >= 0.6 is 0 Å². The molecule has 3 aromatic carbocycles. The van der Waals surface area contributed by atoms with E-state index in [0.717, 1.165) is 13.1 Å². The first kappa shape index (κ1) is 22.2. The lowest BCUT2D eigenvalue weighted by molar-refractivity contribution is 0.0597. The molecule has 1 heterocycles. The maximum absolute atomic E-state index is 13.1. The van der Waals surface area contributed by atoms with Gasteiger partial charge in [0.2, 0.25) is 10.0 Å². The number of benzene rings is 3. The maximum Gasteiger partial charge on any atom is 0.253 e. The maximum atomic E-state index is 13.1. The van der Waals surface area contributed by atoms with E-state index in [9.17, 15) is 13.2 Å². The SMILES string of the molecule is CNS(=O)(=O)c1cccc(C(=O)N2CCN(C(c3ccccc3)c3ccccc3)CC2)c1. The zero-order chi connectivity index (χ0) is 22.6. The summed E-state index contributed by atoms with van der Waals surface area (Å²) in [5.74, 6) is -0.145. The molecule has 3 aromatic rings. The minimum atomic E-state index is -3.60. The second-order valence-corrected chi connectivity index (χ2v) is 9.67. The zero-order valence-electron chi connectivity index (χ0n) is 18.0. The minimum Gasteiger partial charge on any atom is -0.336 e. The van der Waals surface area contributed by atoms with E-state index < -0.39 is 10.0 Å². The van der Waals surface area contributed by atoms with E-state index in [-0.39, 0.29) is 16.8 Å². The third-order valence-corrected chi connectivity index (χ3v) is 7.27. The van der Waals surface area contributed by atoms with E-state index in [1.54, 1.807) is 17.0 Å². The van der Waals surface area contributed by atoms with Gasteiger partial charge in [-0.15, -0.1) is 0 Å². The van der Waals surface area contributed by atoms with Crippen molar-refractivity contribution in [2.24, 2.45) is 0 Å². The van der Waals surface area contributed by atoms with E-state index in [4.69, 9.17) is 0 Å². The molecule has 0 radical (unpaired) electrons. The summed E-state index contributed by atoms with van der Waals surface area (Å²) in [7, 11) is -2.24. The Hall–Kier alpha value is -3.00. The Morgan fingerprint density at radius 3 is 1.91 bits per heavy atom. The van der Waals surface area contributed by atoms with E-state index in [2.05, 4.69) is 58.2 Å². The van der Waals surface area contributed by atoms with Crippen LogP contribution in [-0.2, 0) is 10.0 Å². The molecule has 0 aliphatic carbocycles. The average Bonchev–Trinajstić information content (AvgIpc) is 2.85. The van der Waals surface area contributed by atoms with Gasteiger partial charge in [0.05, 0.1) is 10.9 Å². The molecule has 0 atom stereocenters. The monoisotopic (exact) mass is 449 g/mol. The van der Waals surface area contributed by atoms with Crippen molar-refractivity contribution >= 4 is 15.9 Å². The van der Waals surface area contributed by atoms with Crippen molar-refractivity contribution in [3.63, 3.8) is 0 Å². The predicted octanol–water partition coefficient (Wildman–Crippen LogP) is 3.14. The summed E-state index contributed by atoms with van der Waals surface area (Å²) < 4.78 is 26.5. The number of nitrogens with zero attached hydrogens (tertiary/aromatic N) is 2. The summed E-state index contributed by atoms with van der Waals surface area (Å²) in [5.41, 5.74) is 2.84. The van der Waals surface area contributed by atoms with Crippen molar-refractivity contribution in [1.82, 2.24) is 14.5 Å². The van der Waals surface area contributed by atoms with Crippen LogP contribution in [0.4, 0.5) is 0 Å². The smallest absolute Gasteiger partial charge is 0.253 e. The number of amides is 1. The molecule has 1 aliphatic rings. The van der Waals surface area contributed by atoms with Crippen molar-refractivity contribution in [1.29, 1.82) is 0 Å². The average molecular weight is 450 g/mol. The van der Waals surface area contributed by atoms with Gasteiger partial charge in [-0.1, -0.05) is 66.7 Å². The molecular formula is C25H27N3O3S. The van der Waals surface area contributed by atoms with Crippen LogP contribution in [0, 0.1) is 0 Å². The van der Waals surface area contributed by atoms with Crippen LogP contribution in [0.2, 0.25) is 0 Å². The van der Waals surface area contributed by atoms with E-state index >= 15 is 0 Å². The van der Waals surface area contributed by atoms with Gasteiger partial charge in [0.25, 0.3) is 5.91 Å². The molecule has 6 nitrogen and oxygen atoms in total. The molecule has 1 saturated heterocycles. The molecule has 1 aliphatic heterocycles. The molecule has 0 aromatic heterocycles. The van der Waals surface area contributed by atoms with Crippen LogP contribution in [-0.4, -0.2) is 57.4 Å². The highest BCUT2D eigenvalue weighted by molar-refractivity contribution is 7.89. The summed E-state index contributed by atoms with van der Waals surface area (Å²) in [4.78, 5) is 17.4. The van der Waals surface area contributed by atoms with Gasteiger partial charge in [0, 0.05) is 31.7 Å². The Morgan fingerprint density at radius 2 is 1.38 bits per heavy atom. The number of nitrogens with one attached hydrogen (secondary N) is 1. The van der Waals surface area contributed by atoms with E-state index in [1.807, 2.05) is 12.1 Å². The second-order valence-electron chi connectivity index (χ2n) is 7.79. The minimum absolute atomic E-state index is 0.0951. The Morgan fingerprint density at radius 1 is 0.812 bits per heavy atom. The van der Waals surface area contributed by atoms with Crippen molar-refractivity contribution in [2.75, 3.05) is 33.2 Å². The molecule has 7 heteroatoms. The van der Waals surface area contributed by atoms with Crippen molar-refractivity contribution in [2.45, 2.75) is 10.9 Å². The molecule has 1 N–H and O–H groups in total. The molecule has 1 amide bonds. The van der Waals surface area contributed by atoms with Gasteiger partial charge in [-0.05, 0) is 36.4 Å². The number of carbonyl (C=O) groups is 1. The lowest BCUT2D eigenvalue weighted by Crippen LogP contribution is -2.49. The van der Waals surface area contributed by atoms with Crippen LogP contribution in [0.25, 0.3) is 0 Å². The predicted molar refractivity (Wildman–Crippen MR) is 125 cm³/mol. The third-order valence-electron chi connectivity index (χ3n) is 5.86. The number of hydrogen-bond donors (Lipinski definition) is 1. The van der Waals surface area contributed by atoms with Crippen molar-refractivity contribution in [3.8, 4) is 0 Å². The van der Waals surface area contributed by atoms with Crippen LogP contribution in [0.3, 0.4) is 0 Å². The van der Waals surface area contributed by atoms with E-state index in [1.165, 1.54) is 30.3 Å². The Labute approximate surface area is 189 Å². The summed E-state index contributed by atoms with van der Waals surface area (Å²) >= 11 is 0. The van der Waals surface area contributed by atoms with Gasteiger partial charge < -0.3 is 4.90 Å². The summed E-state index contributed by atoms with van der Waals surface area (Å²) in [6, 6.07) is 27.1. The highest BCUT2D eigenvalue weighted by Crippen LogP contribution is 2.29. The van der Waals surface area contributed by atoms with E-state index in [0.29, 0.717) is 18.7 Å². The van der Waals surface area contributed by atoms with Gasteiger partial charge in [0.15, 0.2) is 0 Å². The van der Waals surface area contributed by atoms with Gasteiger partial charge in [-0.2, -0.15) is 0 Å². The molecule has 32 heavy (non-hydrogen) atoms. The standard InChI is InChI=1S/C25H27N3O3S/c1-26-32(30,31)23-14-8-13-22(19-23)25(29)28-17-15-27(16-18-28)24(20-9-4-2-5-10-20)21-11-6-3-7-12-21/h2-14,19,24,26H,15-18H2,1H3. The van der Waals surface area contributed by atoms with Crippen LogP contribution in [0.5, 0.6) is 0 Å². The summed E-state index contributed by atoms with van der Waals surface area (Å²) in [6.45, 7) is 2.62. The van der Waals surface area contributed by atoms with Crippen LogP contribution in [0.1, 0.15) is 27.5 Å². The molecule has 0 saturated carbocycles.